The molecular formula is C17H18N2O10. The van der Waals surface area contributed by atoms with Gasteiger partial charge in [-0.3, -0.25) is 19.7 Å². The number of carboxylic acid groups (broad SMARTS) is 3. The second-order valence-corrected chi connectivity index (χ2v) is 6.30. The molecule has 0 amide bonds. The third-order valence-electron chi connectivity index (χ3n) is 4.20. The van der Waals surface area contributed by atoms with Crippen molar-refractivity contribution >= 4 is 28.8 Å². The zero-order valence-corrected chi connectivity index (χ0v) is 14.9. The van der Waals surface area contributed by atoms with Crippen LogP contribution in [0.4, 0.5) is 0 Å². The van der Waals surface area contributed by atoms with Crippen molar-refractivity contribution in [2.24, 2.45) is 0 Å². The Morgan fingerprint density at radius 3 is 2.28 bits per heavy atom. The van der Waals surface area contributed by atoms with Crippen LogP contribution in [0, 0.1) is 10.1 Å². The average Bonchev–Trinajstić information content (AvgIpc) is 2.99. The van der Waals surface area contributed by atoms with Crippen molar-refractivity contribution in [2.75, 3.05) is 6.61 Å². The van der Waals surface area contributed by atoms with Gasteiger partial charge in [-0.15, -0.1) is 0 Å². The van der Waals surface area contributed by atoms with E-state index in [1.165, 1.54) is 0 Å². The van der Waals surface area contributed by atoms with Crippen LogP contribution in [0.5, 0.6) is 0 Å². The molecule has 1 atom stereocenters. The van der Waals surface area contributed by atoms with Gasteiger partial charge in [0, 0.05) is 10.9 Å². The maximum atomic E-state index is 10.9. The van der Waals surface area contributed by atoms with E-state index in [4.69, 9.17) is 25.2 Å². The summed E-state index contributed by atoms with van der Waals surface area (Å²) in [5.74, 6) is -5.02. The summed E-state index contributed by atoms with van der Waals surface area (Å²) in [6.45, 7) is 0.403. The molecule has 156 valence electrons. The predicted octanol–water partition coefficient (Wildman–Crippen LogP) is 0.767. The number of aliphatic carboxylic acids is 3. The lowest BCUT2D eigenvalue weighted by molar-refractivity contribution is -0.586. The minimum absolute atomic E-state index is 0.395. The summed E-state index contributed by atoms with van der Waals surface area (Å²) < 4.78 is 5.17. The topological polar surface area (TPSA) is 200 Å². The molecule has 0 saturated carbocycles. The number of rotatable bonds is 6. The minimum Gasteiger partial charge on any atom is -0.481 e. The number of ether oxygens (including phenoxy) is 1. The molecule has 0 bridgehead atoms. The van der Waals surface area contributed by atoms with Crippen molar-refractivity contribution < 1.29 is 44.5 Å². The van der Waals surface area contributed by atoms with Crippen LogP contribution in [-0.4, -0.2) is 60.4 Å². The fourth-order valence-corrected chi connectivity index (χ4v) is 2.94. The lowest BCUT2D eigenvalue weighted by Gasteiger charge is -2.18. The number of para-hydroxylation sites is 1. The van der Waals surface area contributed by atoms with Gasteiger partial charge in [0.1, 0.15) is 5.69 Å². The number of aliphatic hydroxyl groups is 1. The van der Waals surface area contributed by atoms with Gasteiger partial charge < -0.3 is 30.1 Å². The molecule has 12 nitrogen and oxygen atoms in total. The molecule has 29 heavy (non-hydrogen) atoms. The summed E-state index contributed by atoms with van der Waals surface area (Å²) in [5, 5.41) is 45.7. The summed E-state index contributed by atoms with van der Waals surface area (Å²) in [6.07, 6.45) is -2.61. The fourth-order valence-electron chi connectivity index (χ4n) is 2.94. The second kappa shape index (κ2) is 8.67. The molecule has 0 aliphatic carbocycles. The second-order valence-electron chi connectivity index (χ2n) is 6.30. The quantitative estimate of drug-likeness (QED) is 0.334. The molecule has 0 fully saturated rings. The van der Waals surface area contributed by atoms with E-state index in [0.717, 1.165) is 22.9 Å². The highest BCUT2D eigenvalue weighted by molar-refractivity contribution is 5.88. The van der Waals surface area contributed by atoms with Crippen molar-refractivity contribution in [1.29, 1.82) is 0 Å². The van der Waals surface area contributed by atoms with Crippen molar-refractivity contribution in [3.63, 3.8) is 0 Å². The van der Waals surface area contributed by atoms with Crippen molar-refractivity contribution in [3.05, 3.63) is 45.6 Å². The van der Waals surface area contributed by atoms with E-state index in [0.29, 0.717) is 12.3 Å². The number of aromatic amines is 1. The largest absolute Gasteiger partial charge is 0.481 e. The molecule has 0 spiro atoms. The van der Waals surface area contributed by atoms with Gasteiger partial charge in [0.05, 0.1) is 24.4 Å². The summed E-state index contributed by atoms with van der Waals surface area (Å²) in [4.78, 5) is 44.0. The van der Waals surface area contributed by atoms with Crippen LogP contribution < -0.4 is 0 Å². The van der Waals surface area contributed by atoms with Gasteiger partial charge >= 0.3 is 24.1 Å². The van der Waals surface area contributed by atoms with Crippen LogP contribution in [0.1, 0.15) is 30.3 Å². The molecular weight excluding hydrogens is 392 g/mol. The molecule has 2 heterocycles. The zero-order chi connectivity index (χ0) is 21.8. The first kappa shape index (κ1) is 21.8. The summed E-state index contributed by atoms with van der Waals surface area (Å²) in [7, 11) is 0. The van der Waals surface area contributed by atoms with E-state index in [-0.39, 0.29) is 0 Å². The van der Waals surface area contributed by atoms with E-state index < -0.39 is 47.5 Å². The number of hydrogen-bond donors (Lipinski definition) is 5. The molecule has 5 N–H and O–H groups in total. The number of benzene rings is 1. The molecule has 1 unspecified atom stereocenters. The maximum Gasteiger partial charge on any atom is 0.357 e. The van der Waals surface area contributed by atoms with Crippen LogP contribution in [-0.2, 0) is 25.5 Å². The predicted molar refractivity (Wildman–Crippen MR) is 94.8 cm³/mol. The van der Waals surface area contributed by atoms with Gasteiger partial charge in [0.25, 0.3) is 0 Å². The standard InChI is InChI=1S/C11H10N2O3.C6H8O7/c14-13(15)11-10-8(5-6-16-11)7-3-1-2-4-9(7)12-10;7-3(8)1-6(13,5(11)12)2-4(9)10/h1-4,11-12H,5-6H2;13H,1-2H2,(H,7,8)(H,9,10)(H,11,12). The highest BCUT2D eigenvalue weighted by Crippen LogP contribution is 2.32. The molecule has 0 radical (unpaired) electrons. The monoisotopic (exact) mass is 410 g/mol. The third-order valence-corrected chi connectivity index (χ3v) is 4.20. The Bertz CT molecular complexity index is 935. The Morgan fingerprint density at radius 1 is 1.17 bits per heavy atom. The highest BCUT2D eigenvalue weighted by Gasteiger charge is 2.40. The molecule has 1 aromatic carbocycles. The number of fused-ring (bicyclic) bond motifs is 3. The molecule has 0 saturated heterocycles. The van der Waals surface area contributed by atoms with Gasteiger partial charge in [0.15, 0.2) is 5.60 Å². The number of carbonyl (C=O) groups is 3. The Morgan fingerprint density at radius 2 is 1.76 bits per heavy atom. The Kier molecular flexibility index (Phi) is 6.51. The molecule has 1 aliphatic heterocycles. The number of nitrogens with one attached hydrogen (secondary N) is 1. The van der Waals surface area contributed by atoms with E-state index >= 15 is 0 Å². The first-order valence-electron chi connectivity index (χ1n) is 8.29. The van der Waals surface area contributed by atoms with E-state index in [9.17, 15) is 24.5 Å². The molecule has 12 heteroatoms. The third kappa shape index (κ3) is 5.06. The van der Waals surface area contributed by atoms with Gasteiger partial charge in [-0.1, -0.05) is 18.2 Å². The Hall–Kier alpha value is -3.51. The number of aromatic nitrogens is 1. The van der Waals surface area contributed by atoms with Crippen LogP contribution in [0.15, 0.2) is 24.3 Å². The fraction of sp³-hybridized carbons (Fsp3) is 0.353. The smallest absolute Gasteiger partial charge is 0.357 e. The summed E-state index contributed by atoms with van der Waals surface area (Å²) in [6, 6.07) is 7.75. The van der Waals surface area contributed by atoms with Gasteiger partial charge in [-0.25, -0.2) is 4.79 Å². The van der Waals surface area contributed by atoms with Crippen LogP contribution >= 0.6 is 0 Å². The lowest BCUT2D eigenvalue weighted by Crippen LogP contribution is -2.42. The first-order valence-corrected chi connectivity index (χ1v) is 8.29. The normalized spacial score (nSPS) is 15.7. The minimum atomic E-state index is -2.74. The van der Waals surface area contributed by atoms with E-state index in [1.807, 2.05) is 24.3 Å². The molecule has 1 aliphatic rings. The average molecular weight is 410 g/mol. The van der Waals surface area contributed by atoms with Gasteiger partial charge in [-0.2, -0.15) is 0 Å². The SMILES string of the molecule is O=C(O)CC(O)(CC(=O)O)C(=O)O.O=[N+]([O-])C1OCCc2c1[nH]c1ccccc21. The number of carboxylic acids is 3. The van der Waals surface area contributed by atoms with Crippen LogP contribution in [0.25, 0.3) is 10.9 Å². The lowest BCUT2D eigenvalue weighted by atomic mass is 9.96. The maximum absolute atomic E-state index is 10.9. The van der Waals surface area contributed by atoms with Gasteiger partial charge in [-0.05, 0) is 18.1 Å². The molecule has 3 rings (SSSR count). The number of nitro groups is 1. The number of nitrogens with zero attached hydrogens (tertiary/aromatic N) is 1. The van der Waals surface area contributed by atoms with Crippen molar-refractivity contribution in [3.8, 4) is 0 Å². The highest BCUT2D eigenvalue weighted by atomic mass is 16.7. The molecule has 2 aromatic rings. The molecule has 1 aromatic heterocycles. The van der Waals surface area contributed by atoms with Gasteiger partial charge in [0.2, 0.25) is 0 Å². The number of hydrogen-bond acceptors (Lipinski definition) is 7. The van der Waals surface area contributed by atoms with Crippen molar-refractivity contribution in [1.82, 2.24) is 4.98 Å². The van der Waals surface area contributed by atoms with Crippen LogP contribution in [0.3, 0.4) is 0 Å². The number of H-pyrrole nitrogens is 1. The van der Waals surface area contributed by atoms with E-state index in [2.05, 4.69) is 4.98 Å². The zero-order valence-electron chi connectivity index (χ0n) is 14.9. The van der Waals surface area contributed by atoms with Crippen molar-refractivity contribution in [2.45, 2.75) is 31.1 Å². The van der Waals surface area contributed by atoms with E-state index in [1.54, 1.807) is 0 Å². The summed E-state index contributed by atoms with van der Waals surface area (Å²) >= 11 is 0. The Labute approximate surface area is 162 Å². The van der Waals surface area contributed by atoms with Crippen LogP contribution in [0.2, 0.25) is 0 Å². The summed E-state index contributed by atoms with van der Waals surface area (Å²) in [5.41, 5.74) is -0.191. The first-order chi connectivity index (χ1) is 13.5. The Balaban J connectivity index is 0.000000213.